The number of carbonyl (C=O) groups excluding carboxylic acids is 2. The smallest absolute Gasteiger partial charge is 0.264 e. The monoisotopic (exact) mass is 657 g/mol. The fourth-order valence-electron chi connectivity index (χ4n) is 5.07. The van der Waals surface area contributed by atoms with Crippen molar-refractivity contribution in [2.75, 3.05) is 31.1 Å². The number of rotatable bonds is 16. The first-order valence-corrected chi connectivity index (χ1v) is 17.1. The average Bonchev–Trinajstić information content (AvgIpc) is 3.09. The Morgan fingerprint density at radius 3 is 2.06 bits per heavy atom. The van der Waals surface area contributed by atoms with Crippen LogP contribution in [-0.2, 0) is 32.6 Å². The molecule has 47 heavy (non-hydrogen) atoms. The molecule has 0 aliphatic rings. The number of nitrogens with zero attached hydrogens (tertiary/aromatic N) is 2. The molecule has 9 nitrogen and oxygen atoms in total. The van der Waals surface area contributed by atoms with Crippen LogP contribution in [-0.4, -0.2) is 58.0 Å². The second-order valence-electron chi connectivity index (χ2n) is 11.5. The van der Waals surface area contributed by atoms with E-state index in [0.29, 0.717) is 24.7 Å². The summed E-state index contributed by atoms with van der Waals surface area (Å²) >= 11 is 0. The van der Waals surface area contributed by atoms with Gasteiger partial charge in [-0.1, -0.05) is 74.5 Å². The van der Waals surface area contributed by atoms with Gasteiger partial charge in [0, 0.05) is 19.5 Å². The van der Waals surface area contributed by atoms with Crippen molar-refractivity contribution >= 4 is 27.5 Å². The Morgan fingerprint density at radius 1 is 0.809 bits per heavy atom. The van der Waals surface area contributed by atoms with Gasteiger partial charge in [-0.15, -0.1) is 0 Å². The van der Waals surface area contributed by atoms with Crippen LogP contribution in [0.3, 0.4) is 0 Å². The largest absolute Gasteiger partial charge is 0.497 e. The fourth-order valence-corrected chi connectivity index (χ4v) is 6.50. The molecule has 4 aromatic carbocycles. The molecular formula is C37H43N3O6S. The Morgan fingerprint density at radius 2 is 1.45 bits per heavy atom. The predicted molar refractivity (Wildman–Crippen MR) is 184 cm³/mol. The lowest BCUT2D eigenvalue weighted by Gasteiger charge is -2.34. The summed E-state index contributed by atoms with van der Waals surface area (Å²) in [6, 6.07) is 30.3. The molecule has 0 aliphatic heterocycles. The number of benzene rings is 4. The van der Waals surface area contributed by atoms with Crippen LogP contribution in [0.25, 0.3) is 0 Å². The van der Waals surface area contributed by atoms with Crippen LogP contribution in [0.2, 0.25) is 0 Å². The van der Waals surface area contributed by atoms with E-state index in [-0.39, 0.29) is 35.4 Å². The van der Waals surface area contributed by atoms with Crippen molar-refractivity contribution < 1.29 is 27.5 Å². The molecule has 4 rings (SSSR count). The highest BCUT2D eigenvalue weighted by Gasteiger charge is 2.34. The van der Waals surface area contributed by atoms with Crippen LogP contribution in [0.15, 0.2) is 114 Å². The lowest BCUT2D eigenvalue weighted by Crippen LogP contribution is -2.53. The highest BCUT2D eigenvalue weighted by Crippen LogP contribution is 2.27. The number of anilines is 1. The molecule has 10 heteroatoms. The minimum absolute atomic E-state index is 0.0385. The molecule has 0 aliphatic carbocycles. The number of methoxy groups -OCH3 is 1. The topological polar surface area (TPSA) is 105 Å². The molecule has 248 valence electrons. The Labute approximate surface area is 278 Å². The molecule has 0 saturated heterocycles. The fraction of sp³-hybridized carbons (Fsp3) is 0.297. The molecule has 0 spiro atoms. The number of ether oxygens (including phenoxy) is 2. The summed E-state index contributed by atoms with van der Waals surface area (Å²) in [6.45, 7) is 6.22. The van der Waals surface area contributed by atoms with E-state index in [9.17, 15) is 18.0 Å². The molecule has 0 unspecified atom stereocenters. The number of hydrogen-bond acceptors (Lipinski definition) is 6. The summed E-state index contributed by atoms with van der Waals surface area (Å²) in [5.74, 6) is 0.495. The van der Waals surface area contributed by atoms with E-state index < -0.39 is 28.5 Å². The summed E-state index contributed by atoms with van der Waals surface area (Å²) < 4.78 is 40.4. The maximum atomic E-state index is 14.6. The van der Waals surface area contributed by atoms with E-state index in [4.69, 9.17) is 9.47 Å². The van der Waals surface area contributed by atoms with E-state index >= 15 is 0 Å². The Hall–Kier alpha value is -4.83. The zero-order valence-electron chi connectivity index (χ0n) is 27.3. The van der Waals surface area contributed by atoms with Gasteiger partial charge >= 0.3 is 0 Å². The van der Waals surface area contributed by atoms with Gasteiger partial charge in [-0.25, -0.2) is 8.42 Å². The highest BCUT2D eigenvalue weighted by atomic mass is 32.2. The van der Waals surface area contributed by atoms with Crippen molar-refractivity contribution in [1.29, 1.82) is 0 Å². The summed E-state index contributed by atoms with van der Waals surface area (Å²) in [6.07, 6.45) is 0.231. The number of nitrogens with one attached hydrogen (secondary N) is 1. The van der Waals surface area contributed by atoms with Gasteiger partial charge in [0.2, 0.25) is 11.8 Å². The van der Waals surface area contributed by atoms with Gasteiger partial charge in [0.1, 0.15) is 24.1 Å². The number of amides is 2. The van der Waals surface area contributed by atoms with E-state index in [0.717, 1.165) is 15.4 Å². The summed E-state index contributed by atoms with van der Waals surface area (Å²) in [5, 5.41) is 3.00. The van der Waals surface area contributed by atoms with E-state index in [1.807, 2.05) is 63.2 Å². The van der Waals surface area contributed by atoms with Gasteiger partial charge in [0.15, 0.2) is 0 Å². The number of carbonyl (C=O) groups is 2. The Balaban J connectivity index is 1.80. The molecule has 0 saturated carbocycles. The third-order valence-corrected chi connectivity index (χ3v) is 9.28. The van der Waals surface area contributed by atoms with Crippen molar-refractivity contribution in [3.05, 3.63) is 120 Å². The zero-order valence-corrected chi connectivity index (χ0v) is 28.2. The highest BCUT2D eigenvalue weighted by molar-refractivity contribution is 7.92. The van der Waals surface area contributed by atoms with Crippen LogP contribution >= 0.6 is 0 Å². The molecule has 0 radical (unpaired) electrons. The van der Waals surface area contributed by atoms with Crippen molar-refractivity contribution in [1.82, 2.24) is 10.2 Å². The van der Waals surface area contributed by atoms with E-state index in [1.165, 1.54) is 17.0 Å². The maximum Gasteiger partial charge on any atom is 0.264 e. The molecule has 0 heterocycles. The zero-order chi connectivity index (χ0) is 33.8. The average molecular weight is 658 g/mol. The third-order valence-electron chi connectivity index (χ3n) is 7.49. The maximum absolute atomic E-state index is 14.6. The molecule has 1 atom stereocenters. The molecule has 1 N–H and O–H groups in total. The quantitative estimate of drug-likeness (QED) is 0.166. The first-order chi connectivity index (χ1) is 22.6. The van der Waals surface area contributed by atoms with Gasteiger partial charge in [-0.2, -0.15) is 0 Å². The van der Waals surface area contributed by atoms with Crippen molar-refractivity contribution in [3.8, 4) is 11.5 Å². The lowest BCUT2D eigenvalue weighted by molar-refractivity contribution is -0.140. The molecular weight excluding hydrogens is 614 g/mol. The minimum Gasteiger partial charge on any atom is -0.497 e. The Kier molecular flexibility index (Phi) is 12.4. The third kappa shape index (κ3) is 9.59. The van der Waals surface area contributed by atoms with Crippen LogP contribution < -0.4 is 19.1 Å². The molecule has 0 aromatic heterocycles. The van der Waals surface area contributed by atoms with Crippen LogP contribution in [0, 0.1) is 5.92 Å². The van der Waals surface area contributed by atoms with Gasteiger partial charge in [0.25, 0.3) is 10.0 Å². The molecule has 4 aromatic rings. The van der Waals surface area contributed by atoms with Crippen molar-refractivity contribution in [2.45, 2.75) is 44.7 Å². The first-order valence-electron chi connectivity index (χ1n) is 15.7. The minimum atomic E-state index is -4.19. The van der Waals surface area contributed by atoms with Crippen molar-refractivity contribution in [2.24, 2.45) is 5.92 Å². The number of hydrogen-bond donors (Lipinski definition) is 1. The predicted octanol–water partition coefficient (Wildman–Crippen LogP) is 5.70. The second kappa shape index (κ2) is 16.6. The molecule has 0 bridgehead atoms. The molecule has 0 fully saturated rings. The van der Waals surface area contributed by atoms with Gasteiger partial charge < -0.3 is 19.7 Å². The Bertz CT molecular complexity index is 1700. The van der Waals surface area contributed by atoms with Crippen LogP contribution in [0.4, 0.5) is 5.69 Å². The normalized spacial score (nSPS) is 11.9. The van der Waals surface area contributed by atoms with Gasteiger partial charge in [0.05, 0.1) is 24.3 Å². The summed E-state index contributed by atoms with van der Waals surface area (Å²) in [5.41, 5.74) is 1.88. The molecule has 2 amide bonds. The summed E-state index contributed by atoms with van der Waals surface area (Å²) in [7, 11) is -2.63. The first kappa shape index (κ1) is 35.0. The second-order valence-corrected chi connectivity index (χ2v) is 13.3. The van der Waals surface area contributed by atoms with Crippen molar-refractivity contribution in [3.63, 3.8) is 0 Å². The van der Waals surface area contributed by atoms with Gasteiger partial charge in [-0.3, -0.25) is 13.9 Å². The van der Waals surface area contributed by atoms with Gasteiger partial charge in [-0.05, 0) is 72.5 Å². The van der Waals surface area contributed by atoms with E-state index in [2.05, 4.69) is 5.32 Å². The standard InChI is InChI=1S/C37H43N3O6S/c1-5-46-32-21-19-31(20-22-32)40(47(43,44)34-17-10-7-11-18-34)27-36(41)39(26-30-15-12-16-33(23-30)45-4)35(37(42)38-25-28(2)3)24-29-13-8-6-9-14-29/h6-23,28,35H,5,24-27H2,1-4H3,(H,38,42)/t35-/m0/s1. The lowest BCUT2D eigenvalue weighted by atomic mass is 10.0. The van der Waals surface area contributed by atoms with Crippen LogP contribution in [0.1, 0.15) is 31.9 Å². The number of sulfonamides is 1. The SMILES string of the molecule is CCOc1ccc(N(CC(=O)N(Cc2cccc(OC)c2)[C@@H](Cc2ccccc2)C(=O)NCC(C)C)S(=O)(=O)c2ccccc2)cc1. The summed E-state index contributed by atoms with van der Waals surface area (Å²) in [4.78, 5) is 30.0. The van der Waals surface area contributed by atoms with Crippen LogP contribution in [0.5, 0.6) is 11.5 Å². The van der Waals surface area contributed by atoms with E-state index in [1.54, 1.807) is 61.7 Å².